The highest BCUT2D eigenvalue weighted by Crippen LogP contribution is 2.34. The molecule has 2 aromatic heterocycles. The molecule has 178 valence electrons. The van der Waals surface area contributed by atoms with Crippen LogP contribution >= 0.6 is 11.6 Å². The maximum absolute atomic E-state index is 13.8. The molecule has 0 spiro atoms. The van der Waals surface area contributed by atoms with Crippen LogP contribution < -0.4 is 4.31 Å². The second kappa shape index (κ2) is 8.92. The van der Waals surface area contributed by atoms with E-state index in [1.807, 2.05) is 0 Å². The van der Waals surface area contributed by atoms with Crippen molar-refractivity contribution in [1.82, 2.24) is 9.38 Å². The van der Waals surface area contributed by atoms with E-state index in [-0.39, 0.29) is 16.3 Å². The Balaban J connectivity index is 1.92. The largest absolute Gasteiger partial charge is 0.419 e. The molecule has 0 aliphatic heterocycles. The third kappa shape index (κ3) is 4.47. The lowest BCUT2D eigenvalue weighted by atomic mass is 10.1. The first kappa shape index (κ1) is 24.0. The van der Waals surface area contributed by atoms with Gasteiger partial charge in [-0.1, -0.05) is 42.8 Å². The molecule has 0 bridgehead atoms. The first-order valence-electron chi connectivity index (χ1n) is 10.1. The van der Waals surface area contributed by atoms with Crippen LogP contribution in [0.5, 0.6) is 0 Å². The van der Waals surface area contributed by atoms with Gasteiger partial charge in [0.05, 0.1) is 27.7 Å². The lowest BCUT2D eigenvalue weighted by Gasteiger charge is -2.24. The van der Waals surface area contributed by atoms with Crippen molar-refractivity contribution in [2.75, 3.05) is 4.31 Å². The number of aryl methyl sites for hydroxylation is 1. The Bertz CT molecular complexity index is 1450. The number of anilines is 1. The second-order valence-corrected chi connectivity index (χ2v) is 9.75. The van der Waals surface area contributed by atoms with Crippen LogP contribution in [0.2, 0.25) is 5.02 Å². The quantitative estimate of drug-likeness (QED) is 0.294. The van der Waals surface area contributed by atoms with Crippen molar-refractivity contribution in [3.63, 3.8) is 0 Å². The molecule has 2 aromatic carbocycles. The number of alkyl halides is 3. The molecular formula is C23H18ClF4N3O2S. The van der Waals surface area contributed by atoms with Crippen LogP contribution in [0, 0.1) is 5.82 Å². The Morgan fingerprint density at radius 3 is 2.41 bits per heavy atom. The normalized spacial score (nSPS) is 12.3. The Labute approximate surface area is 198 Å². The first-order chi connectivity index (χ1) is 16.0. The van der Waals surface area contributed by atoms with Crippen LogP contribution in [-0.2, 0) is 29.2 Å². The molecule has 0 N–H and O–H groups in total. The van der Waals surface area contributed by atoms with Crippen molar-refractivity contribution in [2.24, 2.45) is 0 Å². The number of pyridine rings is 1. The molecule has 2 heterocycles. The monoisotopic (exact) mass is 511 g/mol. The third-order valence-electron chi connectivity index (χ3n) is 5.22. The van der Waals surface area contributed by atoms with E-state index in [1.165, 1.54) is 24.3 Å². The van der Waals surface area contributed by atoms with Gasteiger partial charge in [0.25, 0.3) is 10.0 Å². The molecule has 4 aromatic rings. The van der Waals surface area contributed by atoms with Gasteiger partial charge in [0.2, 0.25) is 0 Å². The van der Waals surface area contributed by atoms with Crippen molar-refractivity contribution in [1.29, 1.82) is 0 Å². The molecule has 11 heteroatoms. The van der Waals surface area contributed by atoms with Gasteiger partial charge in [-0.05, 0) is 48.4 Å². The average Bonchev–Trinajstić information content (AvgIpc) is 3.15. The Morgan fingerprint density at radius 2 is 1.76 bits per heavy atom. The minimum absolute atomic E-state index is 0.0477. The molecule has 34 heavy (non-hydrogen) atoms. The molecule has 0 atom stereocenters. The summed E-state index contributed by atoms with van der Waals surface area (Å²) >= 11 is 6.10. The molecule has 0 fully saturated rings. The first-order valence-corrected chi connectivity index (χ1v) is 11.9. The van der Waals surface area contributed by atoms with E-state index in [0.717, 1.165) is 10.4 Å². The molecule has 0 saturated carbocycles. The zero-order valence-electron chi connectivity index (χ0n) is 17.7. The highest BCUT2D eigenvalue weighted by molar-refractivity contribution is 7.92. The van der Waals surface area contributed by atoms with E-state index >= 15 is 0 Å². The van der Waals surface area contributed by atoms with Gasteiger partial charge >= 0.3 is 6.18 Å². The fourth-order valence-electron chi connectivity index (χ4n) is 3.63. The number of rotatable bonds is 6. The van der Waals surface area contributed by atoms with Crippen LogP contribution in [0.3, 0.4) is 0 Å². The highest BCUT2D eigenvalue weighted by atomic mass is 35.5. The maximum Gasteiger partial charge on any atom is 0.419 e. The van der Waals surface area contributed by atoms with Gasteiger partial charge in [-0.2, -0.15) is 13.2 Å². The smallest absolute Gasteiger partial charge is 0.300 e. The van der Waals surface area contributed by atoms with E-state index in [4.69, 9.17) is 11.6 Å². The number of halogens is 5. The molecule has 0 aliphatic rings. The summed E-state index contributed by atoms with van der Waals surface area (Å²) in [6.45, 7) is 1.30. The number of fused-ring (bicyclic) bond motifs is 1. The Morgan fingerprint density at radius 1 is 1.06 bits per heavy atom. The van der Waals surface area contributed by atoms with Gasteiger partial charge < -0.3 is 4.40 Å². The summed E-state index contributed by atoms with van der Waals surface area (Å²) < 4.78 is 83.6. The predicted octanol–water partition coefficient (Wildman–Crippen LogP) is 6.10. The molecule has 0 unspecified atom stereocenters. The summed E-state index contributed by atoms with van der Waals surface area (Å²) in [5.74, 6) is -1.39. The van der Waals surface area contributed by atoms with Crippen LogP contribution in [0.4, 0.5) is 23.4 Å². The van der Waals surface area contributed by atoms with Crippen LogP contribution in [0.1, 0.15) is 23.7 Å². The summed E-state index contributed by atoms with van der Waals surface area (Å²) in [6, 6.07) is 13.1. The van der Waals surface area contributed by atoms with E-state index in [1.54, 1.807) is 35.7 Å². The lowest BCUT2D eigenvalue weighted by molar-refractivity contribution is -0.140. The van der Waals surface area contributed by atoms with E-state index in [2.05, 4.69) is 4.98 Å². The van der Waals surface area contributed by atoms with Crippen molar-refractivity contribution < 1.29 is 26.0 Å². The number of imidazole rings is 1. The second-order valence-electron chi connectivity index (χ2n) is 7.45. The zero-order valence-corrected chi connectivity index (χ0v) is 19.3. The number of nitrogens with zero attached hydrogens (tertiary/aromatic N) is 3. The molecule has 4 rings (SSSR count). The summed E-state index contributed by atoms with van der Waals surface area (Å²) in [4.78, 5) is 4.39. The van der Waals surface area contributed by atoms with Gasteiger partial charge in [-0.25, -0.2) is 22.1 Å². The van der Waals surface area contributed by atoms with Gasteiger partial charge in [0.15, 0.2) is 5.82 Å². The van der Waals surface area contributed by atoms with Gasteiger partial charge in [-0.15, -0.1) is 0 Å². The fraction of sp³-hybridized carbons (Fsp3) is 0.174. The molecule has 0 amide bonds. The number of hydrogen-bond acceptors (Lipinski definition) is 3. The fourth-order valence-corrected chi connectivity index (χ4v) is 5.24. The summed E-state index contributed by atoms with van der Waals surface area (Å²) in [5.41, 5.74) is -0.611. The molecule has 0 saturated heterocycles. The van der Waals surface area contributed by atoms with Crippen LogP contribution in [-0.4, -0.2) is 17.8 Å². The van der Waals surface area contributed by atoms with Crippen molar-refractivity contribution in [3.8, 4) is 0 Å². The van der Waals surface area contributed by atoms with Crippen LogP contribution in [0.15, 0.2) is 71.8 Å². The molecule has 0 aliphatic carbocycles. The van der Waals surface area contributed by atoms with Crippen molar-refractivity contribution >= 4 is 33.1 Å². The standard InChI is InChI=1S/C23H18ClF4N3O2S/c1-2-20-22(29-21-11-9-16(24)14-30(20)21)31(34(32,33)17-6-4-3-5-7-17)13-15-8-10-19(25)18(12-15)23(26,27)28/h3-12,14H,2,13H2,1H3. The number of sulfonamides is 1. The topological polar surface area (TPSA) is 54.7 Å². The molecule has 0 radical (unpaired) electrons. The van der Waals surface area contributed by atoms with Crippen LogP contribution in [0.25, 0.3) is 5.65 Å². The molecule has 5 nitrogen and oxygen atoms in total. The third-order valence-corrected chi connectivity index (χ3v) is 7.20. The van der Waals surface area contributed by atoms with Gasteiger partial charge in [0.1, 0.15) is 11.5 Å². The summed E-state index contributed by atoms with van der Waals surface area (Å²) in [5, 5.41) is 0.400. The average molecular weight is 512 g/mol. The lowest BCUT2D eigenvalue weighted by Crippen LogP contribution is -2.32. The van der Waals surface area contributed by atoms with Crippen molar-refractivity contribution in [3.05, 3.63) is 94.5 Å². The Kier molecular flexibility index (Phi) is 6.30. The maximum atomic E-state index is 13.8. The van der Waals surface area contributed by atoms with E-state index < -0.39 is 34.1 Å². The Hall–Kier alpha value is -3.11. The van der Waals surface area contributed by atoms with Gasteiger partial charge in [-0.3, -0.25) is 0 Å². The van der Waals surface area contributed by atoms with E-state index in [0.29, 0.717) is 34.9 Å². The zero-order chi connectivity index (χ0) is 24.7. The molecular weight excluding hydrogens is 494 g/mol. The van der Waals surface area contributed by atoms with E-state index in [9.17, 15) is 26.0 Å². The predicted molar refractivity (Wildman–Crippen MR) is 121 cm³/mol. The number of hydrogen-bond donors (Lipinski definition) is 0. The van der Waals surface area contributed by atoms with Crippen molar-refractivity contribution in [2.45, 2.75) is 31.0 Å². The summed E-state index contributed by atoms with van der Waals surface area (Å²) in [7, 11) is -4.25. The summed E-state index contributed by atoms with van der Waals surface area (Å²) in [6.07, 6.45) is -2.99. The minimum atomic E-state index is -4.93. The highest BCUT2D eigenvalue weighted by Gasteiger charge is 2.35. The van der Waals surface area contributed by atoms with Gasteiger partial charge in [0, 0.05) is 6.20 Å². The number of benzene rings is 2. The number of aromatic nitrogens is 2. The SMILES string of the molecule is CCc1c(N(Cc2ccc(F)c(C(F)(F)F)c2)S(=O)(=O)c2ccccc2)nc2ccc(Cl)cn12. The minimum Gasteiger partial charge on any atom is -0.300 e.